The van der Waals surface area contributed by atoms with Crippen molar-refractivity contribution in [3.8, 4) is 0 Å². The molecule has 0 saturated heterocycles. The highest BCUT2D eigenvalue weighted by atomic mass is 16.6. The number of rotatable bonds is 59. The maximum absolute atomic E-state index is 12.9. The lowest BCUT2D eigenvalue weighted by Gasteiger charge is -2.18. The van der Waals surface area contributed by atoms with Gasteiger partial charge in [0.05, 0.1) is 0 Å². The van der Waals surface area contributed by atoms with E-state index >= 15 is 0 Å². The third kappa shape index (κ3) is 67.4. The smallest absolute Gasteiger partial charge is 0.306 e. The molecule has 0 aromatic rings. The predicted octanol–water partition coefficient (Wildman–Crippen LogP) is 23.4. The molecule has 0 spiro atoms. The zero-order chi connectivity index (χ0) is 59.9. The van der Waals surface area contributed by atoms with Crippen LogP contribution >= 0.6 is 0 Å². The number of carbonyl (C=O) groups is 3. The van der Waals surface area contributed by atoms with Gasteiger partial charge < -0.3 is 14.2 Å². The minimum Gasteiger partial charge on any atom is -0.462 e. The molecule has 0 aromatic carbocycles. The average Bonchev–Trinajstić information content (AvgIpc) is 3.50. The van der Waals surface area contributed by atoms with Crippen LogP contribution < -0.4 is 0 Å². The summed E-state index contributed by atoms with van der Waals surface area (Å²) in [5.41, 5.74) is 0. The molecular weight excluding hydrogens is 1020 g/mol. The summed E-state index contributed by atoms with van der Waals surface area (Å²) in [7, 11) is 0. The van der Waals surface area contributed by atoms with Crippen molar-refractivity contribution < 1.29 is 28.6 Å². The molecule has 1 unspecified atom stereocenters. The molecule has 83 heavy (non-hydrogen) atoms. The van der Waals surface area contributed by atoms with E-state index in [1.807, 2.05) is 0 Å². The zero-order valence-corrected chi connectivity index (χ0v) is 53.4. The highest BCUT2D eigenvalue weighted by molar-refractivity contribution is 5.71. The van der Waals surface area contributed by atoms with Gasteiger partial charge in [-0.2, -0.15) is 0 Å². The minimum absolute atomic E-state index is 0.105. The van der Waals surface area contributed by atoms with E-state index in [2.05, 4.69) is 191 Å². The molecule has 466 valence electrons. The predicted molar refractivity (Wildman–Crippen MR) is 361 cm³/mol. The molecule has 1 atom stereocenters. The number of ether oxygens (including phenoxy) is 3. The minimum atomic E-state index is -0.812. The molecule has 0 N–H and O–H groups in total. The van der Waals surface area contributed by atoms with E-state index in [0.717, 1.165) is 186 Å². The van der Waals surface area contributed by atoms with Crippen LogP contribution in [0.3, 0.4) is 0 Å². The van der Waals surface area contributed by atoms with Crippen LogP contribution in [-0.2, 0) is 28.6 Å². The van der Waals surface area contributed by atoms with Crippen molar-refractivity contribution in [3.05, 3.63) is 170 Å². The van der Waals surface area contributed by atoms with Gasteiger partial charge in [0.1, 0.15) is 13.2 Å². The summed E-state index contributed by atoms with van der Waals surface area (Å²) in [5, 5.41) is 0. The molecule has 0 aliphatic heterocycles. The fraction of sp³-hybridized carbons (Fsp3) is 0.597. The van der Waals surface area contributed by atoms with Crippen molar-refractivity contribution in [3.63, 3.8) is 0 Å². The standard InChI is InChI=1S/C77H122O6/c1-4-7-10-13-16-19-22-25-28-31-34-35-36-37-38-39-40-41-44-46-49-52-55-58-61-64-67-70-76(79)82-73-74(83-77(80)71-68-65-62-59-56-53-50-47-43-33-30-27-24-21-18-15-12-9-6-3)72-81-75(78)69-66-63-60-57-54-51-48-45-42-32-29-26-23-20-17-14-11-8-5-2/h7,9-10,12,16-21,25-30,34-35,37-38,40-43,45-47,49,74H,4-6,8,11,13-15,22-24,31-33,36,39,44,48,50-73H2,1-3H3/b10-7-,12-9-,19-16-,20-17-,21-18-,28-25-,29-26-,30-27-,35-34-,38-37-,41-40-,45-42-,47-43-,49-46-. The second-order valence-corrected chi connectivity index (χ2v) is 21.6. The summed E-state index contributed by atoms with van der Waals surface area (Å²) >= 11 is 0. The van der Waals surface area contributed by atoms with Crippen LogP contribution in [-0.4, -0.2) is 37.2 Å². The zero-order valence-electron chi connectivity index (χ0n) is 53.4. The quantitative estimate of drug-likeness (QED) is 0.0261. The Kier molecular flexibility index (Phi) is 64.9. The highest BCUT2D eigenvalue weighted by Gasteiger charge is 2.19. The van der Waals surface area contributed by atoms with Gasteiger partial charge in [0, 0.05) is 19.3 Å². The lowest BCUT2D eigenvalue weighted by atomic mass is 10.1. The second-order valence-electron chi connectivity index (χ2n) is 21.6. The molecule has 0 aliphatic rings. The first-order valence-corrected chi connectivity index (χ1v) is 33.6. The van der Waals surface area contributed by atoms with E-state index in [1.165, 1.54) is 51.4 Å². The second kappa shape index (κ2) is 69.3. The van der Waals surface area contributed by atoms with Crippen LogP contribution in [0.5, 0.6) is 0 Å². The largest absolute Gasteiger partial charge is 0.462 e. The Morgan fingerprint density at radius 2 is 0.470 bits per heavy atom. The Hall–Kier alpha value is -5.23. The molecule has 0 saturated carbocycles. The fourth-order valence-electron chi connectivity index (χ4n) is 8.71. The van der Waals surface area contributed by atoms with Crippen molar-refractivity contribution in [1.82, 2.24) is 0 Å². The van der Waals surface area contributed by atoms with Crippen molar-refractivity contribution in [2.45, 2.75) is 284 Å². The van der Waals surface area contributed by atoms with E-state index in [0.29, 0.717) is 19.3 Å². The number of esters is 3. The SMILES string of the molecule is CC/C=C\C/C=C\C/C=C\C/C=C\C/C=C\C/C=C\C/C=C\CCCCCCCC(=O)OCC(COC(=O)CCCCCCCC/C=C\C/C=C\C/C=C\CCCCC)OC(=O)CCCCCCCC/C=C\C/C=C\C/C=C\C/C=C\CC. The van der Waals surface area contributed by atoms with E-state index in [-0.39, 0.29) is 31.1 Å². The highest BCUT2D eigenvalue weighted by Crippen LogP contribution is 2.14. The van der Waals surface area contributed by atoms with Gasteiger partial charge in [-0.15, -0.1) is 0 Å². The number of unbranched alkanes of at least 4 members (excludes halogenated alkanes) is 20. The Labute approximate surface area is 511 Å². The lowest BCUT2D eigenvalue weighted by molar-refractivity contribution is -0.167. The van der Waals surface area contributed by atoms with Gasteiger partial charge in [-0.05, 0) is 154 Å². The van der Waals surface area contributed by atoms with Gasteiger partial charge in [-0.25, -0.2) is 0 Å². The van der Waals surface area contributed by atoms with Gasteiger partial charge in [0.15, 0.2) is 6.10 Å². The molecule has 0 aliphatic carbocycles. The number of allylic oxidation sites excluding steroid dienone is 28. The van der Waals surface area contributed by atoms with Gasteiger partial charge in [0.25, 0.3) is 0 Å². The lowest BCUT2D eigenvalue weighted by Crippen LogP contribution is -2.30. The summed E-state index contributed by atoms with van der Waals surface area (Å²) < 4.78 is 16.9. The van der Waals surface area contributed by atoms with Gasteiger partial charge in [0.2, 0.25) is 0 Å². The Balaban J connectivity index is 4.50. The first kappa shape index (κ1) is 77.8. The van der Waals surface area contributed by atoms with E-state index in [1.54, 1.807) is 0 Å². The van der Waals surface area contributed by atoms with Crippen molar-refractivity contribution >= 4 is 17.9 Å². The average molecular weight is 1140 g/mol. The molecular formula is C77H122O6. The molecule has 0 radical (unpaired) electrons. The molecule has 0 rings (SSSR count). The Bertz CT molecular complexity index is 1890. The first-order valence-electron chi connectivity index (χ1n) is 33.6. The maximum atomic E-state index is 12.9. The van der Waals surface area contributed by atoms with E-state index < -0.39 is 6.10 Å². The third-order valence-electron chi connectivity index (χ3n) is 13.7. The molecule has 0 heterocycles. The van der Waals surface area contributed by atoms with Gasteiger partial charge >= 0.3 is 17.9 Å². The molecule has 0 fully saturated rings. The van der Waals surface area contributed by atoms with Crippen LogP contribution in [0.4, 0.5) is 0 Å². The summed E-state index contributed by atoms with van der Waals surface area (Å²) in [5.74, 6) is -0.951. The van der Waals surface area contributed by atoms with Gasteiger partial charge in [-0.3, -0.25) is 14.4 Å². The summed E-state index contributed by atoms with van der Waals surface area (Å²) in [4.78, 5) is 38.4. The van der Waals surface area contributed by atoms with Crippen LogP contribution in [0.2, 0.25) is 0 Å². The third-order valence-corrected chi connectivity index (χ3v) is 13.7. The normalized spacial score (nSPS) is 13.2. The van der Waals surface area contributed by atoms with Gasteiger partial charge in [-0.1, -0.05) is 274 Å². The molecule has 0 bridgehead atoms. The first-order chi connectivity index (χ1) is 41.0. The Morgan fingerprint density at radius 1 is 0.253 bits per heavy atom. The van der Waals surface area contributed by atoms with Crippen LogP contribution in [0.15, 0.2) is 170 Å². The van der Waals surface area contributed by atoms with Crippen LogP contribution in [0.1, 0.15) is 278 Å². The fourth-order valence-corrected chi connectivity index (χ4v) is 8.71. The van der Waals surface area contributed by atoms with Crippen molar-refractivity contribution in [2.75, 3.05) is 13.2 Å². The Morgan fingerprint density at radius 3 is 0.735 bits per heavy atom. The summed E-state index contributed by atoms with van der Waals surface area (Å²) in [6, 6.07) is 0. The number of carbonyl (C=O) groups excluding carboxylic acids is 3. The van der Waals surface area contributed by atoms with E-state index in [9.17, 15) is 14.4 Å². The van der Waals surface area contributed by atoms with Crippen LogP contribution in [0.25, 0.3) is 0 Å². The van der Waals surface area contributed by atoms with Crippen LogP contribution in [0, 0.1) is 0 Å². The topological polar surface area (TPSA) is 78.9 Å². The molecule has 0 amide bonds. The summed E-state index contributed by atoms with van der Waals surface area (Å²) in [6.45, 7) is 6.35. The molecule has 6 heteroatoms. The number of hydrogen-bond donors (Lipinski definition) is 0. The van der Waals surface area contributed by atoms with Crippen molar-refractivity contribution in [2.24, 2.45) is 0 Å². The van der Waals surface area contributed by atoms with Crippen molar-refractivity contribution in [1.29, 1.82) is 0 Å². The summed E-state index contributed by atoms with van der Waals surface area (Å²) in [6.07, 6.45) is 102. The molecule has 0 aromatic heterocycles. The molecule has 6 nitrogen and oxygen atoms in total. The number of hydrogen-bond acceptors (Lipinski definition) is 6. The monoisotopic (exact) mass is 1140 g/mol. The maximum Gasteiger partial charge on any atom is 0.306 e. The van der Waals surface area contributed by atoms with E-state index in [4.69, 9.17) is 14.2 Å².